The topological polar surface area (TPSA) is 24.8 Å². The third-order valence-corrected chi connectivity index (χ3v) is 4.46. The Morgan fingerprint density at radius 3 is 3.30 bits per heavy atom. The lowest BCUT2D eigenvalue weighted by molar-refractivity contribution is 0.171. The number of allylic oxidation sites excluding steroid dienone is 1. The second kappa shape index (κ2) is 6.25. The molecule has 20 heavy (non-hydrogen) atoms. The Balaban J connectivity index is 1.47. The minimum atomic E-state index is 0.501. The zero-order valence-corrected chi connectivity index (χ0v) is 12.4. The summed E-state index contributed by atoms with van der Waals surface area (Å²) < 4.78 is 0. The maximum atomic E-state index is 5.40. The van der Waals surface area contributed by atoms with E-state index in [-0.39, 0.29) is 0 Å². The highest BCUT2D eigenvalue weighted by Crippen LogP contribution is 2.25. The minimum Gasteiger partial charge on any atom is -0.392 e. The minimum absolute atomic E-state index is 0.501. The monoisotopic (exact) mass is 286 g/mol. The Labute approximate surface area is 123 Å². The van der Waals surface area contributed by atoms with Gasteiger partial charge >= 0.3 is 0 Å². The fraction of sp³-hybridized carbons (Fsp3) is 0.438. The van der Waals surface area contributed by atoms with Crippen LogP contribution < -0.4 is 0 Å². The number of oxime groups is 1. The Morgan fingerprint density at radius 1 is 1.65 bits per heavy atom. The van der Waals surface area contributed by atoms with Crippen molar-refractivity contribution in [1.29, 1.82) is 0 Å². The predicted molar refractivity (Wildman–Crippen MR) is 82.9 cm³/mol. The molecule has 0 N–H and O–H groups in total. The first-order valence-electron chi connectivity index (χ1n) is 6.94. The Morgan fingerprint density at radius 2 is 2.60 bits per heavy atom. The Bertz CT molecular complexity index is 577. The number of fused-ring (bicyclic) bond motifs is 2. The van der Waals surface area contributed by atoms with Crippen LogP contribution in [0.4, 0.5) is 0 Å². The molecular weight excluding hydrogens is 268 g/mol. The summed E-state index contributed by atoms with van der Waals surface area (Å²) in [6.45, 7) is 5.89. The van der Waals surface area contributed by atoms with Gasteiger partial charge in [-0.3, -0.25) is 4.90 Å². The van der Waals surface area contributed by atoms with Crippen molar-refractivity contribution < 1.29 is 4.84 Å². The van der Waals surface area contributed by atoms with Crippen LogP contribution in [0.2, 0.25) is 0 Å². The number of thiophene rings is 1. The van der Waals surface area contributed by atoms with Gasteiger partial charge in [0.15, 0.2) is 0 Å². The van der Waals surface area contributed by atoms with Crippen LogP contribution in [0, 0.1) is 17.8 Å². The molecule has 2 unspecified atom stereocenters. The van der Waals surface area contributed by atoms with E-state index in [1.54, 1.807) is 11.3 Å². The SMILES string of the molecule is C/C(C#Cc1cccs1)=C/CO/N=C1/CN2CCC1C2. The van der Waals surface area contributed by atoms with Gasteiger partial charge in [0.2, 0.25) is 0 Å². The number of rotatable bonds is 3. The molecule has 0 aliphatic carbocycles. The summed E-state index contributed by atoms with van der Waals surface area (Å²) in [6, 6.07) is 4.04. The molecule has 3 heterocycles. The molecule has 2 aliphatic heterocycles. The fourth-order valence-corrected chi connectivity index (χ4v) is 3.12. The summed E-state index contributed by atoms with van der Waals surface area (Å²) in [4.78, 5) is 8.92. The molecule has 104 valence electrons. The molecule has 0 aromatic carbocycles. The van der Waals surface area contributed by atoms with E-state index in [1.165, 1.54) is 25.2 Å². The molecule has 0 spiro atoms. The predicted octanol–water partition coefficient (Wildman–Crippen LogP) is 2.75. The van der Waals surface area contributed by atoms with Crippen molar-refractivity contribution in [2.24, 2.45) is 11.1 Å². The van der Waals surface area contributed by atoms with Crippen LogP contribution in [0.15, 0.2) is 34.3 Å². The number of hydrogen-bond donors (Lipinski definition) is 0. The summed E-state index contributed by atoms with van der Waals surface area (Å²) >= 11 is 1.66. The van der Waals surface area contributed by atoms with Gasteiger partial charge in [0.25, 0.3) is 0 Å². The van der Waals surface area contributed by atoms with Gasteiger partial charge in [0.05, 0.1) is 10.6 Å². The second-order valence-electron chi connectivity index (χ2n) is 5.21. The van der Waals surface area contributed by atoms with Gasteiger partial charge in [-0.15, -0.1) is 11.3 Å². The molecule has 2 atom stereocenters. The van der Waals surface area contributed by atoms with Crippen LogP contribution in [0.25, 0.3) is 0 Å². The zero-order chi connectivity index (χ0) is 13.8. The van der Waals surface area contributed by atoms with Gasteiger partial charge in [-0.2, -0.15) is 0 Å². The molecule has 2 saturated heterocycles. The molecule has 4 heteroatoms. The van der Waals surface area contributed by atoms with E-state index in [9.17, 15) is 0 Å². The maximum Gasteiger partial charge on any atom is 0.136 e. The van der Waals surface area contributed by atoms with E-state index in [2.05, 4.69) is 21.9 Å². The van der Waals surface area contributed by atoms with Crippen LogP contribution in [0.1, 0.15) is 18.2 Å². The van der Waals surface area contributed by atoms with Gasteiger partial charge in [-0.1, -0.05) is 23.1 Å². The van der Waals surface area contributed by atoms with Crippen LogP contribution in [-0.4, -0.2) is 36.9 Å². The van der Waals surface area contributed by atoms with Crippen LogP contribution in [0.5, 0.6) is 0 Å². The first-order valence-corrected chi connectivity index (χ1v) is 7.82. The summed E-state index contributed by atoms with van der Waals surface area (Å²) in [7, 11) is 0. The summed E-state index contributed by atoms with van der Waals surface area (Å²) in [6.07, 6.45) is 3.22. The molecular formula is C16H18N2OS. The highest BCUT2D eigenvalue weighted by molar-refractivity contribution is 7.10. The third-order valence-electron chi connectivity index (χ3n) is 3.68. The Hall–Kier alpha value is -1.57. The fourth-order valence-electron chi connectivity index (χ4n) is 2.55. The maximum absolute atomic E-state index is 5.40. The van der Waals surface area contributed by atoms with Crippen molar-refractivity contribution in [3.63, 3.8) is 0 Å². The molecule has 3 nitrogen and oxygen atoms in total. The van der Waals surface area contributed by atoms with E-state index < -0.39 is 0 Å². The number of hydrogen-bond acceptors (Lipinski definition) is 4. The summed E-state index contributed by atoms with van der Waals surface area (Å²) in [5.41, 5.74) is 2.24. The summed E-state index contributed by atoms with van der Waals surface area (Å²) in [5.74, 6) is 6.89. The molecule has 0 saturated carbocycles. The van der Waals surface area contributed by atoms with Gasteiger partial charge in [0, 0.05) is 19.0 Å². The first kappa shape index (κ1) is 13.4. The largest absolute Gasteiger partial charge is 0.392 e. The third kappa shape index (κ3) is 3.30. The molecule has 2 bridgehead atoms. The lowest BCUT2D eigenvalue weighted by Crippen LogP contribution is -2.23. The van der Waals surface area contributed by atoms with Gasteiger partial charge in [0.1, 0.15) is 6.61 Å². The molecule has 2 fully saturated rings. The van der Waals surface area contributed by atoms with Crippen molar-refractivity contribution in [2.75, 3.05) is 26.2 Å². The van der Waals surface area contributed by atoms with Crippen LogP contribution in [0.3, 0.4) is 0 Å². The lowest BCUT2D eigenvalue weighted by atomic mass is 10.0. The molecule has 0 amide bonds. The molecule has 1 aromatic heterocycles. The zero-order valence-electron chi connectivity index (χ0n) is 11.6. The van der Waals surface area contributed by atoms with Gasteiger partial charge in [-0.25, -0.2) is 0 Å². The second-order valence-corrected chi connectivity index (χ2v) is 6.16. The normalized spacial score (nSPS) is 26.6. The van der Waals surface area contributed by atoms with E-state index >= 15 is 0 Å². The average Bonchev–Trinajstić information content (AvgIpc) is 3.17. The average molecular weight is 286 g/mol. The van der Waals surface area contributed by atoms with Crippen molar-refractivity contribution in [3.8, 4) is 11.8 Å². The van der Waals surface area contributed by atoms with Crippen molar-refractivity contribution in [1.82, 2.24) is 4.90 Å². The van der Waals surface area contributed by atoms with Crippen molar-refractivity contribution in [2.45, 2.75) is 13.3 Å². The molecule has 0 radical (unpaired) electrons. The van der Waals surface area contributed by atoms with E-state index in [4.69, 9.17) is 4.84 Å². The number of piperidine rings is 1. The van der Waals surface area contributed by atoms with Gasteiger partial charge in [-0.05, 0) is 43.0 Å². The van der Waals surface area contributed by atoms with E-state index in [0.717, 1.165) is 17.0 Å². The lowest BCUT2D eigenvalue weighted by Gasteiger charge is -2.12. The van der Waals surface area contributed by atoms with E-state index in [1.807, 2.05) is 30.5 Å². The van der Waals surface area contributed by atoms with Crippen LogP contribution in [-0.2, 0) is 4.84 Å². The van der Waals surface area contributed by atoms with E-state index in [0.29, 0.717) is 12.5 Å². The molecule has 3 rings (SSSR count). The summed E-state index contributed by atoms with van der Waals surface area (Å²) in [5, 5.41) is 6.31. The smallest absolute Gasteiger partial charge is 0.136 e. The highest BCUT2D eigenvalue weighted by Gasteiger charge is 2.35. The van der Waals surface area contributed by atoms with Gasteiger partial charge < -0.3 is 4.84 Å². The highest BCUT2D eigenvalue weighted by atomic mass is 32.1. The molecule has 2 aliphatic rings. The van der Waals surface area contributed by atoms with Crippen molar-refractivity contribution in [3.05, 3.63) is 34.0 Å². The van der Waals surface area contributed by atoms with Crippen LogP contribution >= 0.6 is 11.3 Å². The quantitative estimate of drug-likeness (QED) is 0.485. The standard InChI is InChI=1S/C16H18N2OS/c1-13(4-5-15-3-2-10-20-15)7-9-19-17-16-12-18-8-6-14(16)11-18/h2-3,7,10,14H,6,8-9,11-12H2,1H3/b13-7-,17-16-. The first-order chi connectivity index (χ1) is 9.81. The Kier molecular flexibility index (Phi) is 4.19. The van der Waals surface area contributed by atoms with Crippen molar-refractivity contribution >= 4 is 17.0 Å². The molecule has 1 aromatic rings. The number of nitrogens with zero attached hydrogens (tertiary/aromatic N) is 2.